The van der Waals surface area contributed by atoms with Crippen LogP contribution in [0.5, 0.6) is 0 Å². The van der Waals surface area contributed by atoms with Gasteiger partial charge in [0.25, 0.3) is 0 Å². The first-order chi connectivity index (χ1) is 6.27. The maximum absolute atomic E-state index is 4.28. The van der Waals surface area contributed by atoms with Crippen molar-refractivity contribution in [1.29, 1.82) is 0 Å². The molecule has 76 valence electrons. The zero-order valence-corrected chi connectivity index (χ0v) is 10.3. The predicted molar refractivity (Wildman–Crippen MR) is 62.9 cm³/mol. The zero-order chi connectivity index (χ0) is 9.68. The molecule has 13 heavy (non-hydrogen) atoms. The van der Waals surface area contributed by atoms with Crippen LogP contribution in [-0.4, -0.2) is 33.3 Å². The standard InChI is InChI=1S/C11H23NSi/c1-4-13(5-2)11(3)10-12-8-6-7-9-12/h13H,3-10H2,1-2H3. The Kier molecular flexibility index (Phi) is 4.74. The van der Waals surface area contributed by atoms with E-state index in [1.165, 1.54) is 44.6 Å². The molecule has 0 aromatic carbocycles. The van der Waals surface area contributed by atoms with E-state index in [0.717, 1.165) is 0 Å². The summed E-state index contributed by atoms with van der Waals surface area (Å²) in [5.41, 5.74) is 0. The highest BCUT2D eigenvalue weighted by Gasteiger charge is 2.16. The molecule has 0 bridgehead atoms. The molecule has 0 N–H and O–H groups in total. The molecule has 1 aliphatic heterocycles. The summed E-state index contributed by atoms with van der Waals surface area (Å²) >= 11 is 0. The smallest absolute Gasteiger partial charge is 0.0660 e. The van der Waals surface area contributed by atoms with E-state index in [1.807, 2.05) is 0 Å². The van der Waals surface area contributed by atoms with Gasteiger partial charge < -0.3 is 0 Å². The number of hydrogen-bond acceptors (Lipinski definition) is 1. The van der Waals surface area contributed by atoms with Crippen LogP contribution in [0, 0.1) is 0 Å². The quantitative estimate of drug-likeness (QED) is 0.612. The Bertz CT molecular complexity index is 157. The topological polar surface area (TPSA) is 3.24 Å². The van der Waals surface area contributed by atoms with Crippen LogP contribution in [0.3, 0.4) is 0 Å². The summed E-state index contributed by atoms with van der Waals surface area (Å²) < 4.78 is 0. The summed E-state index contributed by atoms with van der Waals surface area (Å²) in [4.78, 5) is 2.58. The van der Waals surface area contributed by atoms with Crippen molar-refractivity contribution in [3.05, 3.63) is 11.8 Å². The third-order valence-electron chi connectivity index (χ3n) is 3.19. The van der Waals surface area contributed by atoms with Crippen LogP contribution in [0.2, 0.25) is 12.1 Å². The lowest BCUT2D eigenvalue weighted by atomic mass is 10.4. The van der Waals surface area contributed by atoms with Gasteiger partial charge in [-0.25, -0.2) is 0 Å². The molecule has 0 unspecified atom stereocenters. The van der Waals surface area contributed by atoms with E-state index in [2.05, 4.69) is 25.3 Å². The second-order valence-corrected chi connectivity index (χ2v) is 8.00. The highest BCUT2D eigenvalue weighted by atomic mass is 28.3. The van der Waals surface area contributed by atoms with Crippen molar-refractivity contribution in [2.24, 2.45) is 0 Å². The minimum atomic E-state index is -0.579. The van der Waals surface area contributed by atoms with Gasteiger partial charge in [0.15, 0.2) is 0 Å². The molecule has 0 atom stereocenters. The lowest BCUT2D eigenvalue weighted by Crippen LogP contribution is -2.27. The molecule has 1 aliphatic rings. The molecule has 0 aromatic heterocycles. The van der Waals surface area contributed by atoms with Gasteiger partial charge >= 0.3 is 0 Å². The number of likely N-dealkylation sites (tertiary alicyclic amines) is 1. The Balaban J connectivity index is 2.29. The Hall–Kier alpha value is -0.0831. The lowest BCUT2D eigenvalue weighted by Gasteiger charge is -2.20. The van der Waals surface area contributed by atoms with Crippen LogP contribution in [0.1, 0.15) is 26.7 Å². The highest BCUT2D eigenvalue weighted by Crippen LogP contribution is 2.14. The van der Waals surface area contributed by atoms with E-state index in [4.69, 9.17) is 0 Å². The summed E-state index contributed by atoms with van der Waals surface area (Å²) in [7, 11) is -0.579. The summed E-state index contributed by atoms with van der Waals surface area (Å²) in [6, 6.07) is 2.78. The minimum absolute atomic E-state index is 0.579. The van der Waals surface area contributed by atoms with Gasteiger partial charge in [-0.1, -0.05) is 31.1 Å². The average molecular weight is 197 g/mol. The maximum Gasteiger partial charge on any atom is 0.0660 e. The largest absolute Gasteiger partial charge is 0.300 e. The van der Waals surface area contributed by atoms with Gasteiger partial charge in [-0.05, 0) is 25.9 Å². The van der Waals surface area contributed by atoms with Gasteiger partial charge in [-0.2, -0.15) is 0 Å². The van der Waals surface area contributed by atoms with Crippen molar-refractivity contribution >= 4 is 8.80 Å². The van der Waals surface area contributed by atoms with E-state index in [0.29, 0.717) is 0 Å². The summed E-state index contributed by atoms with van der Waals surface area (Å²) in [6.07, 6.45) is 2.80. The number of nitrogens with zero attached hydrogens (tertiary/aromatic N) is 1. The van der Waals surface area contributed by atoms with Crippen LogP contribution in [0.4, 0.5) is 0 Å². The van der Waals surface area contributed by atoms with E-state index in [9.17, 15) is 0 Å². The van der Waals surface area contributed by atoms with Crippen LogP contribution in [-0.2, 0) is 0 Å². The molecule has 0 aliphatic carbocycles. The van der Waals surface area contributed by atoms with Crippen LogP contribution < -0.4 is 0 Å². The Morgan fingerprint density at radius 3 is 2.23 bits per heavy atom. The molecular formula is C11H23NSi. The Morgan fingerprint density at radius 1 is 1.23 bits per heavy atom. The average Bonchev–Trinajstić information content (AvgIpc) is 2.59. The second-order valence-electron chi connectivity index (χ2n) is 4.15. The molecule has 0 aromatic rings. The molecule has 1 rings (SSSR count). The van der Waals surface area contributed by atoms with Crippen molar-refractivity contribution in [2.45, 2.75) is 38.8 Å². The van der Waals surface area contributed by atoms with Gasteiger partial charge in [0.2, 0.25) is 0 Å². The second kappa shape index (κ2) is 5.61. The molecule has 0 spiro atoms. The molecule has 0 saturated carbocycles. The molecular weight excluding hydrogens is 174 g/mol. The zero-order valence-electron chi connectivity index (χ0n) is 9.18. The molecule has 1 fully saturated rings. The van der Waals surface area contributed by atoms with Gasteiger partial charge in [0, 0.05) is 6.54 Å². The fraction of sp³-hybridized carbons (Fsp3) is 0.818. The van der Waals surface area contributed by atoms with Gasteiger partial charge in [0.1, 0.15) is 0 Å². The lowest BCUT2D eigenvalue weighted by molar-refractivity contribution is 0.374. The fourth-order valence-electron chi connectivity index (χ4n) is 2.22. The van der Waals surface area contributed by atoms with Gasteiger partial charge in [-0.15, -0.1) is 6.58 Å². The predicted octanol–water partition coefficient (Wildman–Crippen LogP) is 2.44. The Morgan fingerprint density at radius 2 is 1.77 bits per heavy atom. The fourth-order valence-corrected chi connectivity index (χ4v) is 4.47. The number of rotatable bonds is 5. The van der Waals surface area contributed by atoms with Gasteiger partial charge in [-0.3, -0.25) is 4.90 Å². The van der Waals surface area contributed by atoms with E-state index < -0.39 is 8.80 Å². The first-order valence-corrected chi connectivity index (χ1v) is 7.89. The first kappa shape index (κ1) is 11.0. The van der Waals surface area contributed by atoms with Crippen molar-refractivity contribution in [3.8, 4) is 0 Å². The van der Waals surface area contributed by atoms with E-state index in [-0.39, 0.29) is 0 Å². The normalized spacial score (nSPS) is 18.4. The summed E-state index contributed by atoms with van der Waals surface area (Å²) in [6.45, 7) is 12.8. The van der Waals surface area contributed by atoms with Crippen molar-refractivity contribution in [2.75, 3.05) is 19.6 Å². The van der Waals surface area contributed by atoms with Crippen LogP contribution in [0.25, 0.3) is 0 Å². The SMILES string of the molecule is C=C(CN1CCCC1)[SiH](CC)CC. The summed E-state index contributed by atoms with van der Waals surface area (Å²) in [5.74, 6) is 0. The van der Waals surface area contributed by atoms with E-state index in [1.54, 1.807) is 5.20 Å². The van der Waals surface area contributed by atoms with Crippen molar-refractivity contribution in [3.63, 3.8) is 0 Å². The monoisotopic (exact) mass is 197 g/mol. The summed E-state index contributed by atoms with van der Waals surface area (Å²) in [5, 5.41) is 1.59. The minimum Gasteiger partial charge on any atom is -0.300 e. The Labute approximate surface area is 84.4 Å². The molecule has 0 radical (unpaired) electrons. The first-order valence-electron chi connectivity index (χ1n) is 5.68. The van der Waals surface area contributed by atoms with Crippen molar-refractivity contribution < 1.29 is 0 Å². The van der Waals surface area contributed by atoms with Crippen LogP contribution in [0.15, 0.2) is 11.8 Å². The molecule has 1 saturated heterocycles. The van der Waals surface area contributed by atoms with E-state index >= 15 is 0 Å². The molecule has 1 heterocycles. The highest BCUT2D eigenvalue weighted by molar-refractivity contribution is 6.66. The van der Waals surface area contributed by atoms with Crippen molar-refractivity contribution in [1.82, 2.24) is 4.90 Å². The molecule has 1 nitrogen and oxygen atoms in total. The molecule has 0 amide bonds. The third-order valence-corrected chi connectivity index (χ3v) is 6.50. The number of hydrogen-bond donors (Lipinski definition) is 0. The van der Waals surface area contributed by atoms with Gasteiger partial charge in [0.05, 0.1) is 8.80 Å². The molecule has 2 heteroatoms. The maximum atomic E-state index is 4.28. The third kappa shape index (κ3) is 3.28. The van der Waals surface area contributed by atoms with Crippen LogP contribution >= 0.6 is 0 Å².